The van der Waals surface area contributed by atoms with Gasteiger partial charge in [-0.2, -0.15) is 0 Å². The van der Waals surface area contributed by atoms with Crippen LogP contribution < -0.4 is 0 Å². The van der Waals surface area contributed by atoms with Gasteiger partial charge in [0.1, 0.15) is 19.3 Å². The maximum Gasteiger partial charge on any atom is 0.472 e. The molecule has 17 nitrogen and oxygen atoms in total. The Morgan fingerprint density at radius 3 is 0.820 bits per heavy atom. The predicted molar refractivity (Wildman–Crippen MR) is 409 cm³/mol. The Kier molecular flexibility index (Phi) is 71.6. The first-order chi connectivity index (χ1) is 48.5. The number of phosphoric ester groups is 2. The van der Waals surface area contributed by atoms with Crippen molar-refractivity contribution in [1.29, 1.82) is 0 Å². The van der Waals surface area contributed by atoms with E-state index in [1.165, 1.54) is 212 Å². The monoisotopic (exact) mass is 1460 g/mol. The summed E-state index contributed by atoms with van der Waals surface area (Å²) in [5.74, 6) is -1.32. The van der Waals surface area contributed by atoms with Crippen molar-refractivity contribution in [2.24, 2.45) is 5.92 Å². The lowest BCUT2D eigenvalue weighted by Crippen LogP contribution is -2.30. The normalized spacial score (nSPS) is 14.0. The minimum absolute atomic E-state index is 0.102. The van der Waals surface area contributed by atoms with Crippen LogP contribution in [0.1, 0.15) is 407 Å². The fourth-order valence-electron chi connectivity index (χ4n) is 12.0. The summed E-state index contributed by atoms with van der Waals surface area (Å²) in [4.78, 5) is 72.9. The first kappa shape index (κ1) is 97.5. The summed E-state index contributed by atoms with van der Waals surface area (Å²) >= 11 is 0. The zero-order valence-electron chi connectivity index (χ0n) is 64.8. The number of phosphoric acid groups is 2. The molecule has 3 N–H and O–H groups in total. The number of aliphatic hydroxyl groups is 1. The van der Waals surface area contributed by atoms with Crippen LogP contribution in [0, 0.1) is 5.92 Å². The Labute approximate surface area is 612 Å². The summed E-state index contributed by atoms with van der Waals surface area (Å²) in [6.07, 6.45) is 67.4. The second kappa shape index (κ2) is 73.4. The number of rotatable bonds is 79. The van der Waals surface area contributed by atoms with E-state index < -0.39 is 97.5 Å². The molecule has 0 aromatic heterocycles. The summed E-state index contributed by atoms with van der Waals surface area (Å²) in [7, 11) is -9.93. The van der Waals surface area contributed by atoms with Crippen molar-refractivity contribution in [1.82, 2.24) is 0 Å². The van der Waals surface area contributed by atoms with Gasteiger partial charge in [0, 0.05) is 25.7 Å². The fraction of sp³-hybridized carbons (Fsp3) is 0.901. The molecule has 0 rings (SSSR count). The average Bonchev–Trinajstić information content (AvgIpc) is 0.935. The number of unbranched alkanes of at least 4 members (excludes halogenated alkanes) is 48. The molecular formula is C81H154O17P2. The highest BCUT2D eigenvalue weighted by Crippen LogP contribution is 2.45. The fourth-order valence-corrected chi connectivity index (χ4v) is 13.6. The molecule has 5 atom stereocenters. The molecule has 19 heteroatoms. The molecule has 0 aliphatic rings. The van der Waals surface area contributed by atoms with E-state index in [9.17, 15) is 43.2 Å². The number of hydrogen-bond donors (Lipinski definition) is 3. The van der Waals surface area contributed by atoms with Gasteiger partial charge >= 0.3 is 39.5 Å². The molecule has 0 bridgehead atoms. The molecule has 0 aliphatic carbocycles. The Hall–Kier alpha value is -2.46. The van der Waals surface area contributed by atoms with Crippen molar-refractivity contribution in [3.8, 4) is 0 Å². The minimum atomic E-state index is -4.97. The maximum absolute atomic E-state index is 13.1. The highest BCUT2D eigenvalue weighted by Gasteiger charge is 2.30. The Morgan fingerprint density at radius 2 is 0.540 bits per heavy atom. The largest absolute Gasteiger partial charge is 0.472 e. The van der Waals surface area contributed by atoms with Crippen LogP contribution in [0.15, 0.2) is 24.3 Å². The molecule has 2 unspecified atom stereocenters. The first-order valence-corrected chi connectivity index (χ1v) is 44.4. The molecule has 0 saturated heterocycles. The number of carbonyl (C=O) groups is 4. The Balaban J connectivity index is 5.23. The van der Waals surface area contributed by atoms with Gasteiger partial charge in [0.25, 0.3) is 0 Å². The predicted octanol–water partition coefficient (Wildman–Crippen LogP) is 24.0. The van der Waals surface area contributed by atoms with Gasteiger partial charge in [-0.05, 0) is 57.3 Å². The summed E-state index contributed by atoms with van der Waals surface area (Å²) in [5.41, 5.74) is 0. The van der Waals surface area contributed by atoms with E-state index in [-0.39, 0.29) is 25.7 Å². The number of esters is 4. The molecule has 0 aliphatic heterocycles. The third-order valence-corrected chi connectivity index (χ3v) is 20.3. The molecule has 0 saturated carbocycles. The molecule has 0 fully saturated rings. The third kappa shape index (κ3) is 73.8. The van der Waals surface area contributed by atoms with E-state index >= 15 is 0 Å². The van der Waals surface area contributed by atoms with Gasteiger partial charge in [-0.1, -0.05) is 354 Å². The van der Waals surface area contributed by atoms with Crippen molar-refractivity contribution in [2.75, 3.05) is 39.6 Å². The van der Waals surface area contributed by atoms with Gasteiger partial charge in [-0.15, -0.1) is 0 Å². The molecule has 100 heavy (non-hydrogen) atoms. The summed E-state index contributed by atoms with van der Waals surface area (Å²) in [6.45, 7) is 7.28. The highest BCUT2D eigenvalue weighted by atomic mass is 31.2. The van der Waals surface area contributed by atoms with E-state index in [1.807, 2.05) is 0 Å². The van der Waals surface area contributed by atoms with Crippen molar-refractivity contribution in [2.45, 2.75) is 425 Å². The van der Waals surface area contributed by atoms with E-state index in [0.717, 1.165) is 115 Å². The van der Waals surface area contributed by atoms with Crippen LogP contribution in [-0.2, 0) is 65.4 Å². The summed E-state index contributed by atoms with van der Waals surface area (Å²) in [6, 6.07) is 0. The third-order valence-electron chi connectivity index (χ3n) is 18.4. The molecule has 0 radical (unpaired) electrons. The lowest BCUT2D eigenvalue weighted by atomic mass is 10.0. The van der Waals surface area contributed by atoms with Crippen LogP contribution in [0.2, 0.25) is 0 Å². The Morgan fingerprint density at radius 1 is 0.310 bits per heavy atom. The molecule has 0 aromatic rings. The van der Waals surface area contributed by atoms with Crippen molar-refractivity contribution < 1.29 is 80.2 Å². The van der Waals surface area contributed by atoms with E-state index in [1.54, 1.807) is 0 Å². The SMILES string of the molecule is CCCCCC/C=C\C=C/CCCCCCCC(=O)OC[C@H](COP(=O)(O)OC[C@@H](O)COP(=O)(O)OC[C@@H](COC(=O)CCCCCCCCCCC)OC(=O)CCCCCCCCCCCCCCCCC)OC(=O)CCCCCCCCCCCCCCCCCCCCC(C)C. The lowest BCUT2D eigenvalue weighted by molar-refractivity contribution is -0.161. The van der Waals surface area contributed by atoms with Crippen LogP contribution in [-0.4, -0.2) is 96.7 Å². The van der Waals surface area contributed by atoms with Gasteiger partial charge in [0.15, 0.2) is 12.2 Å². The van der Waals surface area contributed by atoms with Gasteiger partial charge < -0.3 is 33.8 Å². The molecule has 0 spiro atoms. The second-order valence-corrected chi connectivity index (χ2v) is 31.9. The quantitative estimate of drug-likeness (QED) is 0.0169. The van der Waals surface area contributed by atoms with E-state index in [4.69, 9.17) is 37.0 Å². The van der Waals surface area contributed by atoms with Crippen LogP contribution in [0.4, 0.5) is 0 Å². The first-order valence-electron chi connectivity index (χ1n) is 41.5. The number of allylic oxidation sites excluding steroid dienone is 4. The van der Waals surface area contributed by atoms with Crippen LogP contribution in [0.3, 0.4) is 0 Å². The minimum Gasteiger partial charge on any atom is -0.462 e. The molecule has 0 amide bonds. The maximum atomic E-state index is 13.1. The van der Waals surface area contributed by atoms with Crippen LogP contribution >= 0.6 is 15.6 Å². The van der Waals surface area contributed by atoms with Crippen molar-refractivity contribution >= 4 is 39.5 Å². The molecule has 590 valence electrons. The van der Waals surface area contributed by atoms with E-state index in [0.29, 0.717) is 25.7 Å². The standard InChI is InChI=1S/C81H154O17P2/c1-6-9-12-15-18-21-23-25-31-36-40-45-50-55-60-65-79(84)92-71-77(98-81(86)67-62-57-52-47-42-38-34-30-28-27-29-33-35-39-44-48-53-58-63-74(4)5)73-96-100(89,90)94-69-75(82)68-93-99(87,88)95-72-76(70-91-78(83)64-59-54-49-43-20-17-14-11-8-3)97-80(85)66-61-56-51-46-41-37-32-26-24-22-19-16-13-10-7-2/h21,23,25,31,74-77,82H,6-20,22,24,26-30,32-73H2,1-5H3,(H,87,88)(H,89,90)/b23-21-,31-25-/t75-,76+,77+/m0/s1. The highest BCUT2D eigenvalue weighted by molar-refractivity contribution is 7.47. The Bertz CT molecular complexity index is 2000. The van der Waals surface area contributed by atoms with Crippen LogP contribution in [0.5, 0.6) is 0 Å². The van der Waals surface area contributed by atoms with Gasteiger partial charge in [0.2, 0.25) is 0 Å². The zero-order chi connectivity index (χ0) is 73.4. The molecule has 0 aromatic carbocycles. The molecule has 0 heterocycles. The number of aliphatic hydroxyl groups excluding tert-OH is 1. The second-order valence-electron chi connectivity index (χ2n) is 29.0. The number of carbonyl (C=O) groups excluding carboxylic acids is 4. The van der Waals surface area contributed by atoms with Gasteiger partial charge in [-0.25, -0.2) is 9.13 Å². The number of hydrogen-bond acceptors (Lipinski definition) is 15. The number of ether oxygens (including phenoxy) is 4. The van der Waals surface area contributed by atoms with Crippen molar-refractivity contribution in [3.63, 3.8) is 0 Å². The van der Waals surface area contributed by atoms with Gasteiger partial charge in [-0.3, -0.25) is 37.3 Å². The van der Waals surface area contributed by atoms with Gasteiger partial charge in [0.05, 0.1) is 26.4 Å². The lowest BCUT2D eigenvalue weighted by Gasteiger charge is -2.21. The van der Waals surface area contributed by atoms with Crippen molar-refractivity contribution in [3.05, 3.63) is 24.3 Å². The smallest absolute Gasteiger partial charge is 0.462 e. The topological polar surface area (TPSA) is 237 Å². The average molecular weight is 1460 g/mol. The zero-order valence-corrected chi connectivity index (χ0v) is 66.6. The summed E-state index contributed by atoms with van der Waals surface area (Å²) < 4.78 is 68.6. The summed E-state index contributed by atoms with van der Waals surface area (Å²) in [5, 5.41) is 10.6. The van der Waals surface area contributed by atoms with Crippen LogP contribution in [0.25, 0.3) is 0 Å². The van der Waals surface area contributed by atoms with E-state index in [2.05, 4.69) is 58.9 Å². The molecular weight excluding hydrogens is 1310 g/mol.